The van der Waals surface area contributed by atoms with Gasteiger partial charge in [0.1, 0.15) is 0 Å². The van der Waals surface area contributed by atoms with Crippen LogP contribution in [-0.4, -0.2) is 82.7 Å². The summed E-state index contributed by atoms with van der Waals surface area (Å²) in [5, 5.41) is 7.60. The van der Waals surface area contributed by atoms with Crippen LogP contribution in [-0.2, 0) is 0 Å². The molecule has 0 spiro atoms. The maximum Gasteiger partial charge on any atom is 0.255 e. The lowest BCUT2D eigenvalue weighted by Gasteiger charge is -2.40. The first-order chi connectivity index (χ1) is 11.5. The van der Waals surface area contributed by atoms with Gasteiger partial charge in [0.05, 0.1) is 18.0 Å². The van der Waals surface area contributed by atoms with E-state index < -0.39 is 0 Å². The minimum Gasteiger partial charge on any atom is -0.338 e. The van der Waals surface area contributed by atoms with Crippen LogP contribution in [0, 0.1) is 5.92 Å². The van der Waals surface area contributed by atoms with E-state index in [4.69, 9.17) is 0 Å². The Morgan fingerprint density at radius 1 is 1.38 bits per heavy atom. The number of likely N-dealkylation sites (N-methyl/N-ethyl adjacent to an activating group) is 1. The summed E-state index contributed by atoms with van der Waals surface area (Å²) in [6.45, 7) is 7.38. The van der Waals surface area contributed by atoms with Crippen LogP contribution in [0.1, 0.15) is 37.0 Å². The highest BCUT2D eigenvalue weighted by Gasteiger charge is 2.45. The first-order valence-corrected chi connectivity index (χ1v) is 8.95. The van der Waals surface area contributed by atoms with Crippen LogP contribution in [0.2, 0.25) is 0 Å². The number of hydrogen-bond acceptors (Lipinski definition) is 5. The average molecular weight is 331 g/mol. The SMILES string of the molecule is CC(C)N1[C@H](CN(C)C)C[C@@H]2CN(C(=O)c3ccnnc3)CC[C@@H]21. The lowest BCUT2D eigenvalue weighted by molar-refractivity contribution is 0.0521. The van der Waals surface area contributed by atoms with Crippen molar-refractivity contribution in [1.82, 2.24) is 24.9 Å². The molecule has 1 aromatic heterocycles. The second-order valence-corrected chi connectivity index (χ2v) is 7.69. The second-order valence-electron chi connectivity index (χ2n) is 7.69. The van der Waals surface area contributed by atoms with Crippen LogP contribution in [0.25, 0.3) is 0 Å². The zero-order chi connectivity index (χ0) is 17.3. The van der Waals surface area contributed by atoms with Crippen molar-refractivity contribution in [2.24, 2.45) is 5.92 Å². The largest absolute Gasteiger partial charge is 0.338 e. The van der Waals surface area contributed by atoms with E-state index in [0.29, 0.717) is 29.6 Å². The van der Waals surface area contributed by atoms with Crippen LogP contribution in [0.4, 0.5) is 0 Å². The van der Waals surface area contributed by atoms with Crippen molar-refractivity contribution in [2.45, 2.75) is 44.8 Å². The van der Waals surface area contributed by atoms with Crippen LogP contribution in [0.5, 0.6) is 0 Å². The topological polar surface area (TPSA) is 52.6 Å². The van der Waals surface area contributed by atoms with E-state index in [9.17, 15) is 4.79 Å². The van der Waals surface area contributed by atoms with Gasteiger partial charge in [-0.25, -0.2) is 0 Å². The summed E-state index contributed by atoms with van der Waals surface area (Å²) >= 11 is 0. The summed E-state index contributed by atoms with van der Waals surface area (Å²) in [7, 11) is 4.29. The fourth-order valence-corrected chi connectivity index (χ4v) is 4.57. The predicted molar refractivity (Wildman–Crippen MR) is 93.8 cm³/mol. The van der Waals surface area contributed by atoms with Crippen LogP contribution in [0.15, 0.2) is 18.5 Å². The third-order valence-electron chi connectivity index (χ3n) is 5.36. The Labute approximate surface area is 144 Å². The first kappa shape index (κ1) is 17.3. The molecule has 0 unspecified atom stereocenters. The van der Waals surface area contributed by atoms with Crippen molar-refractivity contribution < 1.29 is 4.79 Å². The van der Waals surface area contributed by atoms with E-state index in [1.54, 1.807) is 18.5 Å². The fourth-order valence-electron chi connectivity index (χ4n) is 4.57. The Morgan fingerprint density at radius 2 is 2.17 bits per heavy atom. The zero-order valence-corrected chi connectivity index (χ0v) is 15.2. The molecule has 2 aliphatic heterocycles. The van der Waals surface area contributed by atoms with E-state index >= 15 is 0 Å². The molecule has 0 aromatic carbocycles. The van der Waals surface area contributed by atoms with Crippen LogP contribution < -0.4 is 0 Å². The minimum atomic E-state index is 0.0931. The molecule has 24 heavy (non-hydrogen) atoms. The molecule has 3 atom stereocenters. The van der Waals surface area contributed by atoms with E-state index in [0.717, 1.165) is 26.1 Å². The monoisotopic (exact) mass is 331 g/mol. The summed E-state index contributed by atoms with van der Waals surface area (Å²) in [6.07, 6.45) is 5.40. The minimum absolute atomic E-state index is 0.0931. The zero-order valence-electron chi connectivity index (χ0n) is 15.2. The summed E-state index contributed by atoms with van der Waals surface area (Å²) in [6, 6.07) is 3.50. The summed E-state index contributed by atoms with van der Waals surface area (Å²) in [4.78, 5) is 19.7. The van der Waals surface area contributed by atoms with Gasteiger partial charge >= 0.3 is 0 Å². The molecule has 0 aliphatic carbocycles. The van der Waals surface area contributed by atoms with Crippen LogP contribution in [0.3, 0.4) is 0 Å². The number of likely N-dealkylation sites (tertiary alicyclic amines) is 2. The molecule has 1 aromatic rings. The highest BCUT2D eigenvalue weighted by molar-refractivity contribution is 5.93. The lowest BCUT2D eigenvalue weighted by Crippen LogP contribution is -2.51. The lowest BCUT2D eigenvalue weighted by atomic mass is 9.91. The Bertz CT molecular complexity index is 562. The van der Waals surface area contributed by atoms with E-state index in [-0.39, 0.29) is 5.91 Å². The van der Waals surface area contributed by atoms with Crippen molar-refractivity contribution in [1.29, 1.82) is 0 Å². The molecule has 0 radical (unpaired) electrons. The van der Waals surface area contributed by atoms with Gasteiger partial charge in [-0.3, -0.25) is 9.69 Å². The van der Waals surface area contributed by atoms with Gasteiger partial charge in [-0.05, 0) is 52.8 Å². The molecule has 6 heteroatoms. The van der Waals surface area contributed by atoms with Gasteiger partial charge in [-0.15, -0.1) is 0 Å². The third kappa shape index (κ3) is 3.44. The number of rotatable bonds is 4. The highest BCUT2D eigenvalue weighted by atomic mass is 16.2. The van der Waals surface area contributed by atoms with Crippen molar-refractivity contribution in [3.8, 4) is 0 Å². The molecule has 0 N–H and O–H groups in total. The first-order valence-electron chi connectivity index (χ1n) is 8.95. The predicted octanol–water partition coefficient (Wildman–Crippen LogP) is 1.35. The van der Waals surface area contributed by atoms with Crippen LogP contribution >= 0.6 is 0 Å². The number of aromatic nitrogens is 2. The number of nitrogens with zero attached hydrogens (tertiary/aromatic N) is 5. The van der Waals surface area contributed by atoms with Crippen molar-refractivity contribution >= 4 is 5.91 Å². The number of amides is 1. The molecule has 2 fully saturated rings. The fraction of sp³-hybridized carbons (Fsp3) is 0.722. The molecule has 2 aliphatic rings. The number of carbonyl (C=O) groups is 1. The van der Waals surface area contributed by atoms with E-state index in [1.807, 2.05) is 4.90 Å². The molecule has 6 nitrogen and oxygen atoms in total. The Balaban J connectivity index is 1.71. The smallest absolute Gasteiger partial charge is 0.255 e. The Hall–Kier alpha value is -1.53. The maximum absolute atomic E-state index is 12.7. The quantitative estimate of drug-likeness (QED) is 0.834. The second kappa shape index (κ2) is 7.15. The van der Waals surface area contributed by atoms with Gasteiger partial charge in [-0.1, -0.05) is 0 Å². The third-order valence-corrected chi connectivity index (χ3v) is 5.36. The van der Waals surface area contributed by atoms with E-state index in [2.05, 4.69) is 47.9 Å². The van der Waals surface area contributed by atoms with E-state index in [1.165, 1.54) is 6.42 Å². The van der Waals surface area contributed by atoms with Gasteiger partial charge in [0.15, 0.2) is 0 Å². The molecule has 0 saturated carbocycles. The van der Waals surface area contributed by atoms with Crippen molar-refractivity contribution in [3.63, 3.8) is 0 Å². The standard InChI is InChI=1S/C18H29N5O/c1-13(2)23-16(12-21(3)4)9-15-11-22(8-6-17(15)23)18(24)14-5-7-19-20-10-14/h5,7,10,13,15-17H,6,8-9,11-12H2,1-4H3/t15-,16+,17+/m1/s1. The number of carbonyl (C=O) groups excluding carboxylic acids is 1. The summed E-state index contributed by atoms with van der Waals surface area (Å²) < 4.78 is 0. The maximum atomic E-state index is 12.7. The van der Waals surface area contributed by atoms with Crippen molar-refractivity contribution in [2.75, 3.05) is 33.7 Å². The molecule has 132 valence electrons. The van der Waals surface area contributed by atoms with Gasteiger partial charge < -0.3 is 9.80 Å². The molecule has 3 rings (SSSR count). The Morgan fingerprint density at radius 3 is 2.79 bits per heavy atom. The number of piperidine rings is 1. The number of hydrogen-bond donors (Lipinski definition) is 0. The molecular weight excluding hydrogens is 302 g/mol. The average Bonchev–Trinajstić information content (AvgIpc) is 2.91. The van der Waals surface area contributed by atoms with Gasteiger partial charge in [-0.2, -0.15) is 10.2 Å². The molecule has 1 amide bonds. The molecule has 3 heterocycles. The molecular formula is C18H29N5O. The van der Waals surface area contributed by atoms with Gasteiger partial charge in [0, 0.05) is 37.8 Å². The Kier molecular flexibility index (Phi) is 5.15. The highest BCUT2D eigenvalue weighted by Crippen LogP contribution is 2.37. The summed E-state index contributed by atoms with van der Waals surface area (Å²) in [5.41, 5.74) is 0.645. The van der Waals surface area contributed by atoms with Gasteiger partial charge in [0.2, 0.25) is 0 Å². The van der Waals surface area contributed by atoms with Gasteiger partial charge in [0.25, 0.3) is 5.91 Å². The van der Waals surface area contributed by atoms with Crippen molar-refractivity contribution in [3.05, 3.63) is 24.0 Å². The molecule has 0 bridgehead atoms. The molecule has 2 saturated heterocycles. The summed E-state index contributed by atoms with van der Waals surface area (Å²) in [5.74, 6) is 0.667. The number of fused-ring (bicyclic) bond motifs is 1. The normalized spacial score (nSPS) is 27.8.